The first-order valence-corrected chi connectivity index (χ1v) is 5.79. The lowest BCUT2D eigenvalue weighted by molar-refractivity contribution is -0.147. The Morgan fingerprint density at radius 2 is 1.18 bits per heavy atom. The monoisotopic (exact) mass is 250 g/mol. The Morgan fingerprint density at radius 3 is 1.18 bits per heavy atom. The Labute approximate surface area is 103 Å². The zero-order chi connectivity index (χ0) is 14.1. The van der Waals surface area contributed by atoms with Gasteiger partial charge in [0, 0.05) is 0 Å². The number of hydrogen-bond acceptors (Lipinski definition) is 4. The molecule has 0 aliphatic heterocycles. The first-order valence-electron chi connectivity index (χ1n) is 5.79. The fraction of sp³-hybridized carbons (Fsp3) is 0.818. The second-order valence-corrected chi connectivity index (χ2v) is 3.25. The Kier molecular flexibility index (Phi) is 25.3. The molecule has 6 N–H and O–H groups in total. The SMILES string of the molecule is CCCCN.CCCCN.O=C(O)CC(=O)O. The van der Waals surface area contributed by atoms with Gasteiger partial charge in [0.25, 0.3) is 0 Å². The number of nitrogens with two attached hydrogens (primary N) is 2. The fourth-order valence-corrected chi connectivity index (χ4v) is 0.538. The smallest absolute Gasteiger partial charge is 0.314 e. The number of carbonyl (C=O) groups is 2. The van der Waals surface area contributed by atoms with E-state index in [2.05, 4.69) is 13.8 Å². The zero-order valence-electron chi connectivity index (χ0n) is 10.8. The summed E-state index contributed by atoms with van der Waals surface area (Å²) >= 11 is 0. The van der Waals surface area contributed by atoms with Crippen molar-refractivity contribution >= 4 is 11.9 Å². The van der Waals surface area contributed by atoms with Gasteiger partial charge in [0.2, 0.25) is 0 Å². The molecule has 17 heavy (non-hydrogen) atoms. The molecule has 0 saturated carbocycles. The van der Waals surface area contributed by atoms with Gasteiger partial charge in [-0.2, -0.15) is 0 Å². The number of unbranched alkanes of at least 4 members (excludes halogenated alkanes) is 2. The lowest BCUT2D eigenvalue weighted by Crippen LogP contribution is -2.03. The lowest BCUT2D eigenvalue weighted by atomic mass is 10.3. The molecule has 0 rings (SSSR count). The van der Waals surface area contributed by atoms with Crippen molar-refractivity contribution in [2.45, 2.75) is 46.0 Å². The highest BCUT2D eigenvalue weighted by Gasteiger charge is 2.01. The van der Waals surface area contributed by atoms with Crippen LogP contribution in [-0.2, 0) is 9.59 Å². The molecule has 6 heteroatoms. The summed E-state index contributed by atoms with van der Waals surface area (Å²) in [5.41, 5.74) is 10.3. The van der Waals surface area contributed by atoms with E-state index in [1.54, 1.807) is 0 Å². The molecular formula is C11H26N2O4. The Hall–Kier alpha value is -1.14. The molecule has 0 radical (unpaired) electrons. The topological polar surface area (TPSA) is 127 Å². The third kappa shape index (κ3) is 52.2. The Bertz CT molecular complexity index is 153. The molecule has 0 saturated heterocycles. The minimum absolute atomic E-state index is 0.806. The minimum atomic E-state index is -1.31. The maximum Gasteiger partial charge on any atom is 0.314 e. The summed E-state index contributed by atoms with van der Waals surface area (Å²) in [5, 5.41) is 15.4. The number of carboxylic acids is 2. The van der Waals surface area contributed by atoms with E-state index in [1.165, 1.54) is 25.7 Å². The largest absolute Gasteiger partial charge is 0.481 e. The van der Waals surface area contributed by atoms with Gasteiger partial charge >= 0.3 is 11.9 Å². The van der Waals surface area contributed by atoms with Gasteiger partial charge in [-0.05, 0) is 25.9 Å². The normalized spacial score (nSPS) is 8.24. The maximum atomic E-state index is 9.43. The molecule has 0 heterocycles. The van der Waals surface area contributed by atoms with Gasteiger partial charge in [-0.15, -0.1) is 0 Å². The maximum absolute atomic E-state index is 9.43. The van der Waals surface area contributed by atoms with E-state index >= 15 is 0 Å². The second kappa shape index (κ2) is 20.3. The Morgan fingerprint density at radius 1 is 0.882 bits per heavy atom. The number of rotatable bonds is 6. The van der Waals surface area contributed by atoms with E-state index in [-0.39, 0.29) is 0 Å². The summed E-state index contributed by atoms with van der Waals surface area (Å²) in [5.74, 6) is -2.62. The van der Waals surface area contributed by atoms with Crippen molar-refractivity contribution in [3.63, 3.8) is 0 Å². The number of carboxylic acid groups (broad SMARTS) is 2. The zero-order valence-corrected chi connectivity index (χ0v) is 10.8. The summed E-state index contributed by atoms with van der Waals surface area (Å²) in [6, 6.07) is 0. The molecule has 0 aromatic carbocycles. The molecule has 0 atom stereocenters. The highest BCUT2D eigenvalue weighted by atomic mass is 16.4. The predicted octanol–water partition coefficient (Wildman–Crippen LogP) is 1.04. The molecule has 0 bridgehead atoms. The van der Waals surface area contributed by atoms with E-state index in [0.29, 0.717) is 0 Å². The van der Waals surface area contributed by atoms with Crippen LogP contribution in [0.5, 0.6) is 0 Å². The van der Waals surface area contributed by atoms with Crippen molar-refractivity contribution < 1.29 is 19.8 Å². The summed E-state index contributed by atoms with van der Waals surface area (Å²) < 4.78 is 0. The van der Waals surface area contributed by atoms with Gasteiger partial charge in [-0.25, -0.2) is 0 Å². The second-order valence-electron chi connectivity index (χ2n) is 3.25. The summed E-state index contributed by atoms with van der Waals surface area (Å²) in [7, 11) is 0. The molecule has 0 aliphatic rings. The van der Waals surface area contributed by atoms with Crippen LogP contribution in [0, 0.1) is 0 Å². The van der Waals surface area contributed by atoms with Gasteiger partial charge < -0.3 is 21.7 Å². The summed E-state index contributed by atoms with van der Waals surface area (Å²) in [6.07, 6.45) is 3.97. The van der Waals surface area contributed by atoms with Gasteiger partial charge in [0.1, 0.15) is 6.42 Å². The van der Waals surface area contributed by atoms with E-state index in [4.69, 9.17) is 21.7 Å². The lowest BCUT2D eigenvalue weighted by Gasteiger charge is -1.80. The quantitative estimate of drug-likeness (QED) is 0.521. The highest BCUT2D eigenvalue weighted by molar-refractivity contribution is 5.88. The van der Waals surface area contributed by atoms with Crippen LogP contribution in [0.3, 0.4) is 0 Å². The van der Waals surface area contributed by atoms with E-state index in [0.717, 1.165) is 13.1 Å². The van der Waals surface area contributed by atoms with Crippen LogP contribution in [0.2, 0.25) is 0 Å². The van der Waals surface area contributed by atoms with Crippen LogP contribution >= 0.6 is 0 Å². The van der Waals surface area contributed by atoms with Crippen molar-refractivity contribution in [1.82, 2.24) is 0 Å². The van der Waals surface area contributed by atoms with Crippen molar-refractivity contribution in [2.24, 2.45) is 11.5 Å². The number of hydrogen-bond donors (Lipinski definition) is 4. The van der Waals surface area contributed by atoms with Crippen molar-refractivity contribution in [1.29, 1.82) is 0 Å². The van der Waals surface area contributed by atoms with Crippen LogP contribution in [0.4, 0.5) is 0 Å². The van der Waals surface area contributed by atoms with Crippen molar-refractivity contribution in [3.8, 4) is 0 Å². The third-order valence-electron chi connectivity index (χ3n) is 1.42. The molecular weight excluding hydrogens is 224 g/mol. The minimum Gasteiger partial charge on any atom is -0.481 e. The Balaban J connectivity index is -0.000000177. The average Bonchev–Trinajstić information content (AvgIpc) is 2.19. The van der Waals surface area contributed by atoms with Gasteiger partial charge in [-0.1, -0.05) is 26.7 Å². The standard InChI is InChI=1S/2C4H11N.C3H4O4/c2*1-2-3-4-5;4-2(5)1-3(6)7/h2*2-5H2,1H3;1H2,(H,4,5)(H,6,7). The van der Waals surface area contributed by atoms with Crippen LogP contribution in [0.15, 0.2) is 0 Å². The number of aliphatic carboxylic acids is 2. The molecule has 104 valence electrons. The molecule has 0 fully saturated rings. The van der Waals surface area contributed by atoms with Crippen LogP contribution in [0.1, 0.15) is 46.0 Å². The van der Waals surface area contributed by atoms with Crippen molar-refractivity contribution in [3.05, 3.63) is 0 Å². The van der Waals surface area contributed by atoms with Crippen molar-refractivity contribution in [2.75, 3.05) is 13.1 Å². The fourth-order valence-electron chi connectivity index (χ4n) is 0.538. The molecule has 0 aromatic rings. The predicted molar refractivity (Wildman–Crippen MR) is 67.8 cm³/mol. The molecule has 0 spiro atoms. The molecule has 0 aliphatic carbocycles. The summed E-state index contributed by atoms with van der Waals surface area (Å²) in [6.45, 7) is 5.95. The van der Waals surface area contributed by atoms with E-state index in [1.807, 2.05) is 0 Å². The van der Waals surface area contributed by atoms with Gasteiger partial charge in [0.05, 0.1) is 0 Å². The first kappa shape index (κ1) is 21.2. The highest BCUT2D eigenvalue weighted by Crippen LogP contribution is 1.77. The average molecular weight is 250 g/mol. The third-order valence-corrected chi connectivity index (χ3v) is 1.42. The summed E-state index contributed by atoms with van der Waals surface area (Å²) in [4.78, 5) is 18.9. The van der Waals surface area contributed by atoms with E-state index < -0.39 is 18.4 Å². The molecule has 0 unspecified atom stereocenters. The van der Waals surface area contributed by atoms with Crippen LogP contribution in [-0.4, -0.2) is 35.2 Å². The molecule has 6 nitrogen and oxygen atoms in total. The van der Waals surface area contributed by atoms with Crippen LogP contribution in [0.25, 0.3) is 0 Å². The van der Waals surface area contributed by atoms with Gasteiger partial charge in [0.15, 0.2) is 0 Å². The molecule has 0 amide bonds. The van der Waals surface area contributed by atoms with Crippen LogP contribution < -0.4 is 11.5 Å². The van der Waals surface area contributed by atoms with E-state index in [9.17, 15) is 9.59 Å². The molecule has 0 aromatic heterocycles. The first-order chi connectivity index (χ1) is 7.95. The van der Waals surface area contributed by atoms with Gasteiger partial charge in [-0.3, -0.25) is 9.59 Å².